The summed E-state index contributed by atoms with van der Waals surface area (Å²) in [7, 11) is 0. The maximum atomic E-state index is 13.1. The summed E-state index contributed by atoms with van der Waals surface area (Å²) >= 11 is 1.47. The molecule has 4 aliphatic rings. The molecule has 1 saturated carbocycles. The Morgan fingerprint density at radius 3 is 2.43 bits per heavy atom. The zero-order chi connectivity index (χ0) is 19.4. The van der Waals surface area contributed by atoms with Gasteiger partial charge in [-0.15, -0.1) is 11.3 Å². The summed E-state index contributed by atoms with van der Waals surface area (Å²) in [4.78, 5) is 38.8. The number of hydrogen-bond donors (Lipinski definition) is 3. The molecule has 28 heavy (non-hydrogen) atoms. The van der Waals surface area contributed by atoms with Gasteiger partial charge in [0, 0.05) is 10.9 Å². The summed E-state index contributed by atoms with van der Waals surface area (Å²) in [6.45, 7) is 0. The van der Waals surface area contributed by atoms with E-state index in [1.54, 1.807) is 0 Å². The van der Waals surface area contributed by atoms with E-state index in [1.165, 1.54) is 16.2 Å². The van der Waals surface area contributed by atoms with E-state index >= 15 is 0 Å². The highest BCUT2D eigenvalue weighted by Crippen LogP contribution is 2.45. The lowest BCUT2D eigenvalue weighted by atomic mass is 9.78. The van der Waals surface area contributed by atoms with Crippen molar-refractivity contribution in [3.05, 3.63) is 16.0 Å². The van der Waals surface area contributed by atoms with Crippen LogP contribution in [0.4, 0.5) is 5.00 Å². The van der Waals surface area contributed by atoms with Crippen molar-refractivity contribution < 1.29 is 24.2 Å². The largest absolute Gasteiger partial charge is 0.481 e. The van der Waals surface area contributed by atoms with Gasteiger partial charge in [0.05, 0.1) is 29.6 Å². The number of ether oxygens (including phenoxy) is 1. The predicted molar refractivity (Wildman–Crippen MR) is 103 cm³/mol. The summed E-state index contributed by atoms with van der Waals surface area (Å²) < 4.78 is 5.72. The highest BCUT2D eigenvalue weighted by atomic mass is 32.1. The van der Waals surface area contributed by atoms with Gasteiger partial charge in [-0.25, -0.2) is 0 Å². The second-order valence-corrected chi connectivity index (χ2v) is 9.44. The maximum absolute atomic E-state index is 13.1. The number of carboxylic acid groups (broad SMARTS) is 1. The molecule has 2 aliphatic heterocycles. The number of hydrogen-bond acceptors (Lipinski definition) is 5. The van der Waals surface area contributed by atoms with E-state index in [0.29, 0.717) is 23.4 Å². The predicted octanol–water partition coefficient (Wildman–Crippen LogP) is 2.34. The van der Waals surface area contributed by atoms with Crippen LogP contribution in [0.5, 0.6) is 0 Å². The monoisotopic (exact) mass is 404 g/mol. The first-order valence-electron chi connectivity index (χ1n) is 10.2. The van der Waals surface area contributed by atoms with Crippen molar-refractivity contribution in [3.63, 3.8) is 0 Å². The van der Waals surface area contributed by atoms with Gasteiger partial charge in [0.15, 0.2) is 0 Å². The molecule has 0 aromatic carbocycles. The molecule has 0 unspecified atom stereocenters. The van der Waals surface area contributed by atoms with E-state index in [9.17, 15) is 19.5 Å². The van der Waals surface area contributed by atoms with Crippen molar-refractivity contribution in [1.29, 1.82) is 0 Å². The average molecular weight is 404 g/mol. The van der Waals surface area contributed by atoms with E-state index in [4.69, 9.17) is 4.74 Å². The lowest BCUT2D eigenvalue weighted by molar-refractivity contribution is -0.147. The first-order chi connectivity index (χ1) is 13.5. The van der Waals surface area contributed by atoms with Crippen molar-refractivity contribution in [3.8, 4) is 0 Å². The molecule has 2 saturated heterocycles. The molecular formula is C20H24N2O5S. The third-order valence-corrected chi connectivity index (χ3v) is 7.62. The van der Waals surface area contributed by atoms with Gasteiger partial charge in [0.25, 0.3) is 5.91 Å². The van der Waals surface area contributed by atoms with Gasteiger partial charge < -0.3 is 20.5 Å². The number of carbonyl (C=O) groups excluding carboxylic acids is 2. The van der Waals surface area contributed by atoms with Gasteiger partial charge in [0.1, 0.15) is 5.00 Å². The molecule has 1 aromatic rings. The Morgan fingerprint density at radius 2 is 1.71 bits per heavy atom. The van der Waals surface area contributed by atoms with Crippen LogP contribution in [0.15, 0.2) is 0 Å². The van der Waals surface area contributed by atoms with E-state index in [0.717, 1.165) is 44.1 Å². The third-order valence-electron chi connectivity index (χ3n) is 6.41. The molecule has 3 fully saturated rings. The molecule has 8 heteroatoms. The number of amides is 2. The Labute approximate surface area is 166 Å². The highest BCUT2D eigenvalue weighted by molar-refractivity contribution is 7.17. The van der Waals surface area contributed by atoms with Crippen molar-refractivity contribution >= 4 is 34.1 Å². The number of anilines is 1. The van der Waals surface area contributed by atoms with Crippen LogP contribution in [0.2, 0.25) is 0 Å². The fraction of sp³-hybridized carbons (Fsp3) is 0.650. The van der Waals surface area contributed by atoms with Gasteiger partial charge in [-0.05, 0) is 56.9 Å². The zero-order valence-electron chi connectivity index (χ0n) is 15.5. The van der Waals surface area contributed by atoms with Crippen LogP contribution in [0.25, 0.3) is 0 Å². The van der Waals surface area contributed by atoms with Crippen LogP contribution in [-0.2, 0) is 27.2 Å². The van der Waals surface area contributed by atoms with Crippen molar-refractivity contribution in [2.45, 2.75) is 69.6 Å². The minimum absolute atomic E-state index is 0.115. The minimum atomic E-state index is -0.982. The smallest absolute Gasteiger partial charge is 0.310 e. The summed E-state index contributed by atoms with van der Waals surface area (Å²) in [6, 6.07) is 0.241. The van der Waals surface area contributed by atoms with E-state index in [1.807, 2.05) is 0 Å². The third kappa shape index (κ3) is 3.03. The zero-order valence-corrected chi connectivity index (χ0v) is 16.3. The number of aryl methyl sites for hydroxylation is 1. The summed E-state index contributed by atoms with van der Waals surface area (Å²) in [5.41, 5.74) is 1.65. The van der Waals surface area contributed by atoms with E-state index < -0.39 is 17.8 Å². The van der Waals surface area contributed by atoms with Crippen molar-refractivity contribution in [1.82, 2.24) is 5.32 Å². The van der Waals surface area contributed by atoms with Crippen LogP contribution >= 0.6 is 11.3 Å². The molecule has 2 aliphatic carbocycles. The van der Waals surface area contributed by atoms with Crippen molar-refractivity contribution in [2.75, 3.05) is 5.32 Å². The van der Waals surface area contributed by atoms with Gasteiger partial charge in [-0.1, -0.05) is 0 Å². The fourth-order valence-corrected chi connectivity index (χ4v) is 6.19. The number of carboxylic acids is 1. The Kier molecular flexibility index (Phi) is 4.43. The summed E-state index contributed by atoms with van der Waals surface area (Å²) in [5, 5.41) is 16.1. The molecule has 2 amide bonds. The molecular weight excluding hydrogens is 380 g/mol. The number of carbonyl (C=O) groups is 3. The van der Waals surface area contributed by atoms with Gasteiger partial charge in [-0.2, -0.15) is 0 Å². The first-order valence-corrected chi connectivity index (χ1v) is 11.0. The number of nitrogens with one attached hydrogen (secondary N) is 2. The molecule has 7 nitrogen and oxygen atoms in total. The summed E-state index contributed by atoms with van der Waals surface area (Å²) in [5.74, 6) is -2.94. The molecule has 2 bridgehead atoms. The number of rotatable bonds is 5. The Balaban J connectivity index is 1.43. The Bertz CT molecular complexity index is 846. The first kappa shape index (κ1) is 18.1. The average Bonchev–Trinajstić information content (AvgIpc) is 3.10. The Hall–Kier alpha value is -1.93. The molecule has 0 spiro atoms. The van der Waals surface area contributed by atoms with E-state index in [2.05, 4.69) is 10.6 Å². The number of aliphatic carboxylic acids is 1. The fourth-order valence-electron chi connectivity index (χ4n) is 4.90. The normalized spacial score (nSPS) is 30.7. The lowest BCUT2D eigenvalue weighted by Crippen LogP contribution is -2.41. The molecule has 0 radical (unpaired) electrons. The maximum Gasteiger partial charge on any atom is 0.310 e. The van der Waals surface area contributed by atoms with Crippen LogP contribution in [0.3, 0.4) is 0 Å². The lowest BCUT2D eigenvalue weighted by Gasteiger charge is -2.23. The standard InChI is InChI=1S/C20H24N2O5S/c23-17(21-9-5-6-9)14-10-3-1-2-4-13(10)28-19(14)22-18(24)15-11-7-8-12(27-11)16(15)20(25)26/h9,11-12,15-16H,1-8H2,(H,21,23)(H,22,24)(H,25,26)/t11-,12-,15-,16-/m0/s1. The minimum Gasteiger partial charge on any atom is -0.481 e. The second kappa shape index (κ2) is 6.84. The van der Waals surface area contributed by atoms with Gasteiger partial charge in [0.2, 0.25) is 5.91 Å². The molecule has 150 valence electrons. The quantitative estimate of drug-likeness (QED) is 0.699. The van der Waals surface area contributed by atoms with Crippen LogP contribution in [-0.4, -0.2) is 41.1 Å². The van der Waals surface area contributed by atoms with Crippen LogP contribution < -0.4 is 10.6 Å². The summed E-state index contributed by atoms with van der Waals surface area (Å²) in [6.07, 6.45) is 6.59. The highest BCUT2D eigenvalue weighted by Gasteiger charge is 2.55. The molecule has 3 N–H and O–H groups in total. The van der Waals surface area contributed by atoms with E-state index in [-0.39, 0.29) is 30.1 Å². The Morgan fingerprint density at radius 1 is 1.00 bits per heavy atom. The number of thiophene rings is 1. The van der Waals surface area contributed by atoms with Crippen molar-refractivity contribution in [2.24, 2.45) is 11.8 Å². The second-order valence-electron chi connectivity index (χ2n) is 8.33. The molecule has 5 rings (SSSR count). The molecule has 3 heterocycles. The molecule has 1 aromatic heterocycles. The SMILES string of the molecule is O=C(NC1CC1)c1c(NC(=O)[C@@H]2[C@@H](C(=O)O)[C@@H]3CC[C@@H]2O3)sc2c1CCCC2. The van der Waals surface area contributed by atoms with Crippen LogP contribution in [0.1, 0.15) is 59.3 Å². The molecule has 4 atom stereocenters. The van der Waals surface area contributed by atoms with Gasteiger partial charge in [-0.3, -0.25) is 14.4 Å². The van der Waals surface area contributed by atoms with Crippen LogP contribution in [0, 0.1) is 11.8 Å². The van der Waals surface area contributed by atoms with Gasteiger partial charge >= 0.3 is 5.97 Å². The number of fused-ring (bicyclic) bond motifs is 3. The topological polar surface area (TPSA) is 105 Å².